The van der Waals surface area contributed by atoms with Crippen molar-refractivity contribution in [2.45, 2.75) is 57.8 Å². The molecule has 0 spiro atoms. The Hall–Kier alpha value is -3.78. The van der Waals surface area contributed by atoms with Crippen LogP contribution in [0.2, 0.25) is 0 Å². The van der Waals surface area contributed by atoms with E-state index in [2.05, 4.69) is 71.8 Å². The molecule has 2 aromatic carbocycles. The van der Waals surface area contributed by atoms with Crippen molar-refractivity contribution in [3.05, 3.63) is 88.8 Å². The van der Waals surface area contributed by atoms with Gasteiger partial charge in [-0.05, 0) is 123 Å². The highest BCUT2D eigenvalue weighted by Crippen LogP contribution is 2.60. The lowest BCUT2D eigenvalue weighted by molar-refractivity contribution is -0.126. The van der Waals surface area contributed by atoms with E-state index >= 15 is 0 Å². The summed E-state index contributed by atoms with van der Waals surface area (Å²) in [6, 6.07) is 23.9. The summed E-state index contributed by atoms with van der Waals surface area (Å²) in [4.78, 5) is 17.5. The standard InChI is InChI=1S/C36H40N4O/c1-25-16-30(20-31(24-37)35(41)39-14-12-38(13-15-39)33-6-4-3-5-7-33)26(2)40(25)34-10-8-32(9-11-34)36-21-27-17-28(22-36)19-29(18-27)23-36/h3-11,16,20,27-29H,12-15,17-19,21-23H2,1-2H3/b31-20-. The maximum Gasteiger partial charge on any atom is 0.264 e. The van der Waals surface area contributed by atoms with Gasteiger partial charge in [-0.2, -0.15) is 5.26 Å². The summed E-state index contributed by atoms with van der Waals surface area (Å²) < 4.78 is 2.26. The first-order chi connectivity index (χ1) is 19.9. The molecule has 41 heavy (non-hydrogen) atoms. The zero-order valence-corrected chi connectivity index (χ0v) is 24.4. The molecule has 210 valence electrons. The molecule has 0 atom stereocenters. The van der Waals surface area contributed by atoms with E-state index in [-0.39, 0.29) is 11.5 Å². The number of piperazine rings is 1. The Morgan fingerprint density at radius 2 is 1.46 bits per heavy atom. The van der Waals surface area contributed by atoms with Crippen LogP contribution in [0.15, 0.2) is 66.2 Å². The van der Waals surface area contributed by atoms with Crippen molar-refractivity contribution >= 4 is 17.7 Å². The molecule has 4 saturated carbocycles. The van der Waals surface area contributed by atoms with Gasteiger partial charge in [-0.1, -0.05) is 30.3 Å². The van der Waals surface area contributed by atoms with Crippen LogP contribution < -0.4 is 4.90 Å². The van der Waals surface area contributed by atoms with E-state index in [0.717, 1.165) is 53.5 Å². The van der Waals surface area contributed by atoms with Crippen molar-refractivity contribution in [1.82, 2.24) is 9.47 Å². The molecule has 0 unspecified atom stereocenters. The first kappa shape index (κ1) is 26.1. The first-order valence-electron chi connectivity index (χ1n) is 15.4. The summed E-state index contributed by atoms with van der Waals surface area (Å²) in [6.07, 6.45) is 10.3. The molecular formula is C36H40N4O. The van der Waals surface area contributed by atoms with E-state index in [1.54, 1.807) is 6.08 Å². The maximum absolute atomic E-state index is 13.4. The number of nitrogens with zero attached hydrogens (tertiary/aromatic N) is 4. The molecule has 5 fully saturated rings. The molecule has 4 aliphatic carbocycles. The third-order valence-corrected chi connectivity index (χ3v) is 10.6. The summed E-state index contributed by atoms with van der Waals surface area (Å²) in [7, 11) is 0. The highest BCUT2D eigenvalue weighted by molar-refractivity contribution is 6.02. The molecule has 2 heterocycles. The molecule has 5 heteroatoms. The van der Waals surface area contributed by atoms with Gasteiger partial charge in [0.15, 0.2) is 0 Å². The number of hydrogen-bond acceptors (Lipinski definition) is 3. The fourth-order valence-corrected chi connectivity index (χ4v) is 9.03. The summed E-state index contributed by atoms with van der Waals surface area (Å²) in [6.45, 7) is 6.95. The number of amides is 1. The Balaban J connectivity index is 1.08. The molecule has 5 aliphatic rings. The Bertz CT molecular complexity index is 1480. The minimum absolute atomic E-state index is 0.176. The van der Waals surface area contributed by atoms with E-state index in [1.165, 1.54) is 49.8 Å². The average molecular weight is 545 g/mol. The van der Waals surface area contributed by atoms with Crippen LogP contribution >= 0.6 is 0 Å². The number of aryl methyl sites for hydroxylation is 1. The third kappa shape index (κ3) is 4.68. The van der Waals surface area contributed by atoms with Crippen LogP contribution in [-0.4, -0.2) is 41.6 Å². The molecule has 0 N–H and O–H groups in total. The van der Waals surface area contributed by atoms with Gasteiger partial charge in [0.25, 0.3) is 5.91 Å². The molecule has 1 amide bonds. The van der Waals surface area contributed by atoms with E-state index in [1.807, 2.05) is 23.1 Å². The fraction of sp³-hybridized carbons (Fsp3) is 0.444. The second kappa shape index (κ2) is 10.2. The van der Waals surface area contributed by atoms with Crippen LogP contribution in [0.3, 0.4) is 0 Å². The molecule has 1 aliphatic heterocycles. The van der Waals surface area contributed by atoms with Crippen molar-refractivity contribution in [3.8, 4) is 11.8 Å². The van der Waals surface area contributed by atoms with Crippen LogP contribution in [0.1, 0.15) is 61.0 Å². The normalized spacial score (nSPS) is 27.2. The molecule has 1 aromatic heterocycles. The summed E-state index contributed by atoms with van der Waals surface area (Å²) in [5.74, 6) is 2.64. The minimum Gasteiger partial charge on any atom is -0.368 e. The van der Waals surface area contributed by atoms with Crippen molar-refractivity contribution in [1.29, 1.82) is 5.26 Å². The van der Waals surface area contributed by atoms with Gasteiger partial charge < -0.3 is 14.4 Å². The smallest absolute Gasteiger partial charge is 0.264 e. The van der Waals surface area contributed by atoms with Crippen molar-refractivity contribution < 1.29 is 4.79 Å². The van der Waals surface area contributed by atoms with Crippen LogP contribution in [-0.2, 0) is 10.2 Å². The largest absolute Gasteiger partial charge is 0.368 e. The zero-order valence-electron chi connectivity index (χ0n) is 24.4. The molecule has 8 rings (SSSR count). The Labute approximate surface area is 244 Å². The molecule has 3 aromatic rings. The lowest BCUT2D eigenvalue weighted by Crippen LogP contribution is -2.49. The van der Waals surface area contributed by atoms with E-state index < -0.39 is 0 Å². The van der Waals surface area contributed by atoms with Crippen LogP contribution in [0.5, 0.6) is 0 Å². The van der Waals surface area contributed by atoms with Gasteiger partial charge in [-0.25, -0.2) is 0 Å². The number of anilines is 1. The number of hydrogen-bond donors (Lipinski definition) is 0. The third-order valence-electron chi connectivity index (χ3n) is 10.6. The second-order valence-corrected chi connectivity index (χ2v) is 13.2. The van der Waals surface area contributed by atoms with Gasteiger partial charge in [-0.3, -0.25) is 4.79 Å². The van der Waals surface area contributed by atoms with Gasteiger partial charge in [0.05, 0.1) is 0 Å². The molecule has 5 nitrogen and oxygen atoms in total. The van der Waals surface area contributed by atoms with Crippen LogP contribution in [0.4, 0.5) is 5.69 Å². The van der Waals surface area contributed by atoms with E-state index in [9.17, 15) is 10.1 Å². The molecule has 1 saturated heterocycles. The van der Waals surface area contributed by atoms with Gasteiger partial charge in [0.2, 0.25) is 0 Å². The Morgan fingerprint density at radius 1 is 0.854 bits per heavy atom. The van der Waals surface area contributed by atoms with Crippen LogP contribution in [0.25, 0.3) is 11.8 Å². The lowest BCUT2D eigenvalue weighted by atomic mass is 9.48. The summed E-state index contributed by atoms with van der Waals surface area (Å²) >= 11 is 0. The van der Waals surface area contributed by atoms with Gasteiger partial charge in [-0.15, -0.1) is 0 Å². The number of nitriles is 1. The van der Waals surface area contributed by atoms with Crippen molar-refractivity contribution in [2.75, 3.05) is 31.1 Å². The minimum atomic E-state index is -0.176. The summed E-state index contributed by atoms with van der Waals surface area (Å²) in [5, 5.41) is 9.97. The highest BCUT2D eigenvalue weighted by Gasteiger charge is 2.51. The second-order valence-electron chi connectivity index (χ2n) is 13.2. The lowest BCUT2D eigenvalue weighted by Gasteiger charge is -2.57. The average Bonchev–Trinajstić information content (AvgIpc) is 3.27. The van der Waals surface area contributed by atoms with Crippen molar-refractivity contribution in [2.24, 2.45) is 17.8 Å². The topological polar surface area (TPSA) is 52.3 Å². The number of para-hydroxylation sites is 1. The number of carbonyl (C=O) groups excluding carboxylic acids is 1. The monoisotopic (exact) mass is 544 g/mol. The van der Waals surface area contributed by atoms with Crippen molar-refractivity contribution in [3.63, 3.8) is 0 Å². The number of rotatable bonds is 5. The summed E-state index contributed by atoms with van der Waals surface area (Å²) in [5.41, 5.74) is 7.56. The Kier molecular flexibility index (Phi) is 6.53. The van der Waals surface area contributed by atoms with Gasteiger partial charge in [0, 0.05) is 48.9 Å². The molecule has 0 radical (unpaired) electrons. The number of aromatic nitrogens is 1. The van der Waals surface area contributed by atoms with E-state index in [4.69, 9.17) is 0 Å². The van der Waals surface area contributed by atoms with Crippen LogP contribution in [0, 0.1) is 42.9 Å². The number of carbonyl (C=O) groups is 1. The predicted octanol–water partition coefficient (Wildman–Crippen LogP) is 6.82. The fourth-order valence-electron chi connectivity index (χ4n) is 9.03. The molecular weight excluding hydrogens is 504 g/mol. The van der Waals surface area contributed by atoms with Gasteiger partial charge >= 0.3 is 0 Å². The SMILES string of the molecule is Cc1cc(/C=C(/C#N)C(=O)N2CCN(c3ccccc3)CC2)c(C)n1-c1ccc(C23CC4CC(CC(C4)C2)C3)cc1. The quantitative estimate of drug-likeness (QED) is 0.262. The Morgan fingerprint density at radius 3 is 2.05 bits per heavy atom. The highest BCUT2D eigenvalue weighted by atomic mass is 16.2. The molecule has 4 bridgehead atoms. The zero-order chi connectivity index (χ0) is 28.1. The number of benzene rings is 2. The maximum atomic E-state index is 13.4. The predicted molar refractivity (Wildman–Crippen MR) is 164 cm³/mol. The van der Waals surface area contributed by atoms with E-state index in [0.29, 0.717) is 18.5 Å². The first-order valence-corrected chi connectivity index (χ1v) is 15.4. The van der Waals surface area contributed by atoms with Gasteiger partial charge in [0.1, 0.15) is 11.6 Å².